The van der Waals surface area contributed by atoms with Crippen molar-refractivity contribution in [1.82, 2.24) is 34.6 Å². The highest BCUT2D eigenvalue weighted by atomic mass is 35.5. The fourth-order valence-electron chi connectivity index (χ4n) is 3.25. The Morgan fingerprint density at radius 1 is 1.09 bits per heavy atom. The van der Waals surface area contributed by atoms with Gasteiger partial charge in [-0.2, -0.15) is 15.3 Å². The number of hydrogen-bond acceptors (Lipinski definition) is 7. The molecule has 0 saturated heterocycles. The molecule has 2 amide bonds. The summed E-state index contributed by atoms with van der Waals surface area (Å²) in [5.41, 5.74) is 1.96. The molecule has 13 heteroatoms. The summed E-state index contributed by atoms with van der Waals surface area (Å²) >= 11 is 12.3. The average Bonchev–Trinajstić information content (AvgIpc) is 3.39. The highest BCUT2D eigenvalue weighted by Crippen LogP contribution is 2.32. The highest BCUT2D eigenvalue weighted by molar-refractivity contribution is 6.32. The SMILES string of the molecule is COC(c1c(NC(=O)Nc2cnc(-n3nccn3)c(Cl)c2)cnc2cc(Cl)nn12)C(C)C. The van der Waals surface area contributed by atoms with Crippen molar-refractivity contribution in [3.8, 4) is 5.82 Å². The lowest BCUT2D eigenvalue weighted by Crippen LogP contribution is -2.24. The first-order chi connectivity index (χ1) is 15.4. The summed E-state index contributed by atoms with van der Waals surface area (Å²) in [6, 6.07) is 2.66. The lowest BCUT2D eigenvalue weighted by molar-refractivity contribution is 0.0600. The van der Waals surface area contributed by atoms with E-state index in [4.69, 9.17) is 27.9 Å². The summed E-state index contributed by atoms with van der Waals surface area (Å²) in [5.74, 6) is 0.429. The van der Waals surface area contributed by atoms with Gasteiger partial charge in [-0.3, -0.25) is 0 Å². The zero-order chi connectivity index (χ0) is 22.8. The van der Waals surface area contributed by atoms with E-state index in [1.54, 1.807) is 23.8 Å². The topological polar surface area (TPSA) is 124 Å². The van der Waals surface area contributed by atoms with Crippen molar-refractivity contribution in [3.05, 3.63) is 52.8 Å². The Balaban J connectivity index is 1.60. The standard InChI is InChI=1S/C19H19Cl2N9O2/c1-10(2)17(32-3)16-13(9-22-15-7-14(21)28-29(15)16)27-19(31)26-11-6-12(20)18(23-8-11)30-24-4-5-25-30/h4-10,17H,1-3H3,(H2,26,27,31). The monoisotopic (exact) mass is 475 g/mol. The predicted octanol–water partition coefficient (Wildman–Crippen LogP) is 4.00. The van der Waals surface area contributed by atoms with Gasteiger partial charge in [-0.1, -0.05) is 37.0 Å². The molecule has 0 spiro atoms. The van der Waals surface area contributed by atoms with Gasteiger partial charge < -0.3 is 15.4 Å². The van der Waals surface area contributed by atoms with Gasteiger partial charge in [0.05, 0.1) is 46.9 Å². The third-order valence-corrected chi connectivity index (χ3v) is 5.02. The van der Waals surface area contributed by atoms with Gasteiger partial charge >= 0.3 is 6.03 Å². The number of rotatable bonds is 6. The minimum atomic E-state index is -0.521. The predicted molar refractivity (Wildman–Crippen MR) is 119 cm³/mol. The zero-order valence-electron chi connectivity index (χ0n) is 17.3. The van der Waals surface area contributed by atoms with Gasteiger partial charge in [0.2, 0.25) is 0 Å². The number of ether oxygens (including phenoxy) is 1. The number of carbonyl (C=O) groups excluding carboxylic acids is 1. The number of pyridine rings is 1. The van der Waals surface area contributed by atoms with Crippen molar-refractivity contribution in [3.63, 3.8) is 0 Å². The van der Waals surface area contributed by atoms with Crippen molar-refractivity contribution in [1.29, 1.82) is 0 Å². The molecule has 2 N–H and O–H groups in total. The van der Waals surface area contributed by atoms with Crippen LogP contribution >= 0.6 is 23.2 Å². The van der Waals surface area contributed by atoms with Gasteiger partial charge in [0.15, 0.2) is 16.6 Å². The second-order valence-electron chi connectivity index (χ2n) is 7.12. The number of aromatic nitrogens is 7. The van der Waals surface area contributed by atoms with E-state index in [2.05, 4.69) is 35.9 Å². The summed E-state index contributed by atoms with van der Waals surface area (Å²) in [6.07, 6.45) is 5.64. The molecule has 0 aliphatic heterocycles. The van der Waals surface area contributed by atoms with E-state index >= 15 is 0 Å². The van der Waals surface area contributed by atoms with E-state index in [9.17, 15) is 4.79 Å². The fraction of sp³-hybridized carbons (Fsp3) is 0.263. The van der Waals surface area contributed by atoms with Gasteiger partial charge in [-0.05, 0) is 12.0 Å². The molecule has 0 saturated carbocycles. The van der Waals surface area contributed by atoms with Crippen LogP contribution < -0.4 is 10.6 Å². The number of amides is 2. The molecule has 0 aliphatic carbocycles. The van der Waals surface area contributed by atoms with Crippen LogP contribution in [0.1, 0.15) is 25.6 Å². The lowest BCUT2D eigenvalue weighted by Gasteiger charge is -2.23. The molecule has 1 atom stereocenters. The van der Waals surface area contributed by atoms with Crippen LogP contribution in [-0.2, 0) is 4.74 Å². The number of hydrogen-bond donors (Lipinski definition) is 2. The van der Waals surface area contributed by atoms with Gasteiger partial charge in [-0.25, -0.2) is 19.3 Å². The Hall–Kier alpha value is -3.28. The molecule has 32 heavy (non-hydrogen) atoms. The first kappa shape index (κ1) is 21.9. The smallest absolute Gasteiger partial charge is 0.323 e. The number of fused-ring (bicyclic) bond motifs is 1. The van der Waals surface area contributed by atoms with E-state index in [-0.39, 0.29) is 22.2 Å². The molecule has 0 fully saturated rings. The molecule has 1 unspecified atom stereocenters. The van der Waals surface area contributed by atoms with Gasteiger partial charge in [0, 0.05) is 13.2 Å². The van der Waals surface area contributed by atoms with Crippen LogP contribution in [0.4, 0.5) is 16.2 Å². The third-order valence-electron chi connectivity index (χ3n) is 4.56. The normalized spacial score (nSPS) is 12.3. The molecule has 0 aromatic carbocycles. The van der Waals surface area contributed by atoms with Gasteiger partial charge in [0.25, 0.3) is 0 Å². The summed E-state index contributed by atoms with van der Waals surface area (Å²) < 4.78 is 7.24. The maximum absolute atomic E-state index is 12.7. The molecule has 11 nitrogen and oxygen atoms in total. The quantitative estimate of drug-likeness (QED) is 0.431. The van der Waals surface area contributed by atoms with Crippen LogP contribution in [0.3, 0.4) is 0 Å². The molecular weight excluding hydrogens is 457 g/mol. The zero-order valence-corrected chi connectivity index (χ0v) is 18.8. The number of halogens is 2. The van der Waals surface area contributed by atoms with Crippen molar-refractivity contribution < 1.29 is 9.53 Å². The van der Waals surface area contributed by atoms with E-state index in [1.165, 1.54) is 29.6 Å². The molecular formula is C19H19Cl2N9O2. The van der Waals surface area contributed by atoms with Gasteiger partial charge in [-0.15, -0.1) is 4.80 Å². The molecule has 4 rings (SSSR count). The Kier molecular flexibility index (Phi) is 6.21. The van der Waals surface area contributed by atoms with Crippen molar-refractivity contribution >= 4 is 46.3 Å². The summed E-state index contributed by atoms with van der Waals surface area (Å²) in [4.78, 5) is 22.5. The largest absolute Gasteiger partial charge is 0.375 e. The molecule has 166 valence electrons. The van der Waals surface area contributed by atoms with Crippen LogP contribution in [0.15, 0.2) is 36.9 Å². The molecule has 4 aromatic rings. The Morgan fingerprint density at radius 3 is 2.50 bits per heavy atom. The summed E-state index contributed by atoms with van der Waals surface area (Å²) in [5, 5.41) is 18.3. The Morgan fingerprint density at radius 2 is 1.84 bits per heavy atom. The van der Waals surface area contributed by atoms with Crippen molar-refractivity contribution in [2.45, 2.75) is 20.0 Å². The molecule has 0 bridgehead atoms. The number of urea groups is 1. The number of methoxy groups -OCH3 is 1. The first-order valence-electron chi connectivity index (χ1n) is 9.54. The maximum atomic E-state index is 12.7. The van der Waals surface area contributed by atoms with Crippen LogP contribution in [-0.4, -0.2) is 47.7 Å². The number of nitrogens with one attached hydrogen (secondary N) is 2. The molecule has 4 heterocycles. The van der Waals surface area contributed by atoms with E-state index in [0.717, 1.165) is 0 Å². The van der Waals surface area contributed by atoms with Gasteiger partial charge in [0.1, 0.15) is 6.10 Å². The second-order valence-corrected chi connectivity index (χ2v) is 7.92. The molecule has 0 aliphatic rings. The lowest BCUT2D eigenvalue weighted by atomic mass is 10.0. The van der Waals surface area contributed by atoms with Crippen LogP contribution in [0.25, 0.3) is 11.5 Å². The Labute approximate surface area is 192 Å². The first-order valence-corrected chi connectivity index (χ1v) is 10.3. The number of nitrogens with zero attached hydrogens (tertiary/aromatic N) is 7. The third kappa shape index (κ3) is 4.35. The van der Waals surface area contributed by atoms with E-state index < -0.39 is 6.03 Å². The van der Waals surface area contributed by atoms with Crippen LogP contribution in [0.2, 0.25) is 10.2 Å². The highest BCUT2D eigenvalue weighted by Gasteiger charge is 2.25. The molecule has 4 aromatic heterocycles. The van der Waals surface area contributed by atoms with Crippen LogP contribution in [0, 0.1) is 5.92 Å². The molecule has 0 radical (unpaired) electrons. The summed E-state index contributed by atoms with van der Waals surface area (Å²) in [7, 11) is 1.59. The maximum Gasteiger partial charge on any atom is 0.323 e. The average molecular weight is 476 g/mol. The van der Waals surface area contributed by atoms with Crippen molar-refractivity contribution in [2.24, 2.45) is 5.92 Å². The van der Waals surface area contributed by atoms with Crippen LogP contribution in [0.5, 0.6) is 0 Å². The summed E-state index contributed by atoms with van der Waals surface area (Å²) in [6.45, 7) is 4.00. The van der Waals surface area contributed by atoms with E-state index in [0.29, 0.717) is 28.5 Å². The minimum Gasteiger partial charge on any atom is -0.375 e. The fourth-order valence-corrected chi connectivity index (χ4v) is 3.66. The second kappa shape index (κ2) is 9.07. The Bertz CT molecular complexity index is 1260. The number of anilines is 2. The van der Waals surface area contributed by atoms with Crippen molar-refractivity contribution in [2.75, 3.05) is 17.7 Å². The number of carbonyl (C=O) groups is 1. The minimum absolute atomic E-state index is 0.0867. The van der Waals surface area contributed by atoms with E-state index in [1.807, 2.05) is 13.8 Å².